The van der Waals surface area contributed by atoms with Gasteiger partial charge in [0.25, 0.3) is 11.8 Å². The molecule has 0 bridgehead atoms. The van der Waals surface area contributed by atoms with Gasteiger partial charge in [-0.2, -0.15) is 0 Å². The number of anilines is 2. The maximum atomic E-state index is 14.8. The highest BCUT2D eigenvalue weighted by Gasteiger charge is 2.66. The third-order valence-corrected chi connectivity index (χ3v) is 13.2. The fourth-order valence-electron chi connectivity index (χ4n) is 7.75. The quantitative estimate of drug-likeness (QED) is 0.141. The first kappa shape index (κ1) is 37.4. The number of carbonyl (C=O) groups is 3. The number of hydrogen-bond acceptors (Lipinski definition) is 7. The topological polar surface area (TPSA) is 129 Å². The molecular formula is C40H44BrN3O7Si. The number of aliphatic hydroxyl groups excluding tert-OH is 1. The molecule has 2 heterocycles. The Morgan fingerprint density at radius 2 is 1.69 bits per heavy atom. The van der Waals surface area contributed by atoms with Crippen LogP contribution < -0.4 is 15.0 Å². The Bertz CT molecular complexity index is 1920. The first-order valence-electron chi connectivity index (χ1n) is 17.3. The number of ether oxygens (including phenoxy) is 2. The molecule has 52 heavy (non-hydrogen) atoms. The predicted octanol–water partition coefficient (Wildman–Crippen LogP) is 6.47. The highest BCUT2D eigenvalue weighted by molar-refractivity contribution is 9.10. The summed E-state index contributed by atoms with van der Waals surface area (Å²) < 4.78 is 12.8. The number of amides is 3. The largest absolute Gasteiger partial charge is 0.497 e. The van der Waals surface area contributed by atoms with Crippen molar-refractivity contribution in [1.82, 2.24) is 4.90 Å². The van der Waals surface area contributed by atoms with Gasteiger partial charge in [0.2, 0.25) is 5.91 Å². The molecular weight excluding hydrogens is 742 g/mol. The van der Waals surface area contributed by atoms with Crippen molar-refractivity contribution in [3.63, 3.8) is 0 Å². The molecule has 1 fully saturated rings. The average molecular weight is 787 g/mol. The summed E-state index contributed by atoms with van der Waals surface area (Å²) in [6.45, 7) is 6.13. The van der Waals surface area contributed by atoms with E-state index in [1.54, 1.807) is 53.3 Å². The lowest BCUT2D eigenvalue weighted by molar-refractivity contribution is -0.150. The van der Waals surface area contributed by atoms with E-state index in [4.69, 9.17) is 9.47 Å². The van der Waals surface area contributed by atoms with E-state index < -0.39 is 31.5 Å². The van der Waals surface area contributed by atoms with Gasteiger partial charge in [0, 0.05) is 45.8 Å². The molecule has 0 aromatic heterocycles. The highest BCUT2D eigenvalue weighted by atomic mass is 79.9. The predicted molar refractivity (Wildman–Crippen MR) is 205 cm³/mol. The Morgan fingerprint density at radius 1 is 1.00 bits per heavy atom. The van der Waals surface area contributed by atoms with E-state index in [-0.39, 0.29) is 43.8 Å². The van der Waals surface area contributed by atoms with Gasteiger partial charge in [0.1, 0.15) is 5.75 Å². The van der Waals surface area contributed by atoms with Crippen molar-refractivity contribution in [2.75, 3.05) is 30.5 Å². The maximum Gasteiger partial charge on any atom is 0.264 e. The highest BCUT2D eigenvalue weighted by Crippen LogP contribution is 2.60. The minimum absolute atomic E-state index is 0.0408. The number of nitrogens with one attached hydrogen (secondary N) is 1. The van der Waals surface area contributed by atoms with Crippen LogP contribution in [0.3, 0.4) is 0 Å². The van der Waals surface area contributed by atoms with Crippen molar-refractivity contribution >= 4 is 53.3 Å². The molecule has 2 aliphatic heterocycles. The lowest BCUT2D eigenvalue weighted by Crippen LogP contribution is -2.46. The van der Waals surface area contributed by atoms with Crippen LogP contribution in [-0.4, -0.2) is 67.2 Å². The fourth-order valence-corrected chi connectivity index (χ4v) is 10.7. The number of hydrogen-bond donors (Lipinski definition) is 3. The van der Waals surface area contributed by atoms with E-state index in [9.17, 15) is 24.3 Å². The van der Waals surface area contributed by atoms with Crippen LogP contribution in [-0.2, 0) is 33.0 Å². The number of rotatable bonds is 12. The van der Waals surface area contributed by atoms with Gasteiger partial charge in [-0.25, -0.2) is 0 Å². The number of methoxy groups -OCH3 is 1. The molecule has 0 saturated carbocycles. The molecule has 10 nitrogen and oxygen atoms in total. The zero-order chi connectivity index (χ0) is 37.2. The molecule has 4 aromatic carbocycles. The average Bonchev–Trinajstić information content (AvgIpc) is 3.54. The molecule has 0 radical (unpaired) electrons. The van der Waals surface area contributed by atoms with Crippen LogP contribution in [0.5, 0.6) is 5.75 Å². The number of halogens is 1. The Morgan fingerprint density at radius 3 is 2.33 bits per heavy atom. The van der Waals surface area contributed by atoms with Gasteiger partial charge in [-0.15, -0.1) is 0 Å². The van der Waals surface area contributed by atoms with Gasteiger partial charge < -0.3 is 34.5 Å². The number of nitrogens with zero attached hydrogens (tertiary/aromatic N) is 2. The van der Waals surface area contributed by atoms with Gasteiger partial charge in [-0.1, -0.05) is 65.3 Å². The van der Waals surface area contributed by atoms with Crippen molar-refractivity contribution in [2.24, 2.45) is 5.92 Å². The summed E-state index contributed by atoms with van der Waals surface area (Å²) in [5, 5.41) is 12.7. The molecule has 1 spiro atoms. The summed E-state index contributed by atoms with van der Waals surface area (Å²) in [4.78, 5) is 56.6. The van der Waals surface area contributed by atoms with Crippen LogP contribution >= 0.6 is 15.9 Å². The van der Waals surface area contributed by atoms with Crippen LogP contribution in [0.15, 0.2) is 102 Å². The lowest BCUT2D eigenvalue weighted by atomic mass is 9.82. The second-order valence-corrected chi connectivity index (χ2v) is 18.9. The number of aliphatic hydroxyl groups is 1. The first-order valence-corrected chi connectivity index (χ1v) is 21.2. The summed E-state index contributed by atoms with van der Waals surface area (Å²) in [6, 6.07) is 29.5. The second-order valence-electron chi connectivity index (χ2n) is 14.0. The van der Waals surface area contributed by atoms with Crippen LogP contribution in [0.4, 0.5) is 11.4 Å². The summed E-state index contributed by atoms with van der Waals surface area (Å²) >= 11 is 3.60. The van der Waals surface area contributed by atoms with E-state index in [2.05, 4.69) is 21.2 Å². The Labute approximate surface area is 313 Å². The minimum atomic E-state index is -3.02. The summed E-state index contributed by atoms with van der Waals surface area (Å²) in [7, 11) is -1.45. The number of fused-ring (bicyclic) bond motifs is 2. The van der Waals surface area contributed by atoms with E-state index in [1.807, 2.05) is 80.7 Å². The SMILES string of the molecule is COc1ccc(C(=O)Nc2ccc(CN3C(=O)[C@@]4(O[C@@H](CC(=O)N(CCO)Cc5ccccc5)[C@H]([Si](C)(C)O)[C@H]4C)c4cc(Br)ccc43)cc2)cc1. The summed E-state index contributed by atoms with van der Waals surface area (Å²) in [6.07, 6.45) is -0.767. The molecule has 4 aromatic rings. The van der Waals surface area contributed by atoms with Crippen LogP contribution in [0.2, 0.25) is 18.6 Å². The normalized spacial score (nSPS) is 20.9. The molecule has 6 rings (SSSR count). The van der Waals surface area contributed by atoms with Crippen molar-refractivity contribution in [2.45, 2.75) is 56.8 Å². The fraction of sp³-hybridized carbons (Fsp3) is 0.325. The maximum absolute atomic E-state index is 14.8. The van der Waals surface area contributed by atoms with Gasteiger partial charge in [-0.3, -0.25) is 14.4 Å². The molecule has 4 atom stereocenters. The van der Waals surface area contributed by atoms with Crippen molar-refractivity contribution < 1.29 is 33.8 Å². The Hall–Kier alpha value is -4.33. The van der Waals surface area contributed by atoms with Gasteiger partial charge in [-0.05, 0) is 78.8 Å². The monoisotopic (exact) mass is 785 g/mol. The zero-order valence-corrected chi connectivity index (χ0v) is 32.3. The van der Waals surface area contributed by atoms with Crippen molar-refractivity contribution in [3.8, 4) is 5.75 Å². The van der Waals surface area contributed by atoms with E-state index in [0.29, 0.717) is 34.8 Å². The van der Waals surface area contributed by atoms with E-state index in [1.165, 1.54) is 0 Å². The van der Waals surface area contributed by atoms with E-state index in [0.717, 1.165) is 15.6 Å². The second kappa shape index (κ2) is 15.3. The van der Waals surface area contributed by atoms with Crippen molar-refractivity contribution in [3.05, 3.63) is 124 Å². The zero-order valence-electron chi connectivity index (χ0n) is 29.7. The third-order valence-electron chi connectivity index (χ3n) is 10.2. The summed E-state index contributed by atoms with van der Waals surface area (Å²) in [5.41, 5.74) is 2.41. The molecule has 3 N–H and O–H groups in total. The summed E-state index contributed by atoms with van der Waals surface area (Å²) in [5.74, 6) is -0.503. The molecule has 0 aliphatic carbocycles. The van der Waals surface area contributed by atoms with Crippen LogP contribution in [0.25, 0.3) is 0 Å². The smallest absolute Gasteiger partial charge is 0.264 e. The number of benzene rings is 4. The van der Waals surface area contributed by atoms with Crippen LogP contribution in [0.1, 0.15) is 40.4 Å². The van der Waals surface area contributed by atoms with Gasteiger partial charge in [0.05, 0.1) is 38.5 Å². The van der Waals surface area contributed by atoms with Crippen molar-refractivity contribution in [1.29, 1.82) is 0 Å². The molecule has 272 valence electrons. The minimum Gasteiger partial charge on any atom is -0.497 e. The molecule has 3 amide bonds. The first-order chi connectivity index (χ1) is 24.8. The Balaban J connectivity index is 1.25. The number of carbonyl (C=O) groups excluding carboxylic acids is 3. The van der Waals surface area contributed by atoms with Gasteiger partial charge >= 0.3 is 0 Å². The molecule has 2 aliphatic rings. The lowest BCUT2D eigenvalue weighted by Gasteiger charge is -2.32. The molecule has 12 heteroatoms. The standard InChI is InChI=1S/C40H44BrN3O7Si/c1-26-37(52(3,4)49)35(23-36(46)43(20-21-45)24-27-8-6-5-7-9-27)51-40(26)33-22-30(41)14-19-34(33)44(39(40)48)25-28-10-15-31(16-11-28)42-38(47)29-12-17-32(50-2)18-13-29/h5-19,22,26,35,37,45,49H,20-21,23-25H2,1-4H3,(H,42,47)/t26-,35+,37-,40+/m1/s1. The molecule has 0 unspecified atom stereocenters. The van der Waals surface area contributed by atoms with Crippen LogP contribution in [0, 0.1) is 5.92 Å². The Kier molecular flexibility index (Phi) is 11.0. The third kappa shape index (κ3) is 7.44. The molecule has 1 saturated heterocycles. The van der Waals surface area contributed by atoms with Gasteiger partial charge in [0.15, 0.2) is 13.9 Å². The van der Waals surface area contributed by atoms with E-state index >= 15 is 0 Å².